The van der Waals surface area contributed by atoms with Crippen LogP contribution in [-0.2, 0) is 0 Å². The Balaban J connectivity index is 1.59. The number of rotatable bonds is 4. The number of nitrogens with one attached hydrogen (secondary N) is 1. The Morgan fingerprint density at radius 3 is 2.83 bits per heavy atom. The van der Waals surface area contributed by atoms with Gasteiger partial charge in [-0.2, -0.15) is 5.10 Å². The molecule has 1 amide bonds. The molecule has 0 bridgehead atoms. The smallest absolute Gasteiger partial charge is 0.271 e. The summed E-state index contributed by atoms with van der Waals surface area (Å²) in [5, 5.41) is 8.02. The van der Waals surface area contributed by atoms with Gasteiger partial charge in [0.05, 0.1) is 17.3 Å². The highest BCUT2D eigenvalue weighted by molar-refractivity contribution is 7.98. The van der Waals surface area contributed by atoms with Crippen molar-refractivity contribution in [2.24, 2.45) is 0 Å². The molecule has 23 heavy (non-hydrogen) atoms. The number of thioether (sulfide) groups is 1. The lowest BCUT2D eigenvalue weighted by Crippen LogP contribution is -2.38. The van der Waals surface area contributed by atoms with Gasteiger partial charge in [-0.1, -0.05) is 23.4 Å². The van der Waals surface area contributed by atoms with Gasteiger partial charge >= 0.3 is 0 Å². The van der Waals surface area contributed by atoms with Crippen LogP contribution in [0.5, 0.6) is 0 Å². The van der Waals surface area contributed by atoms with E-state index in [1.165, 1.54) is 18.0 Å². The lowest BCUT2D eigenvalue weighted by atomic mass is 9.91. The van der Waals surface area contributed by atoms with Gasteiger partial charge in [0.1, 0.15) is 12.7 Å². The van der Waals surface area contributed by atoms with Crippen LogP contribution in [0.4, 0.5) is 0 Å². The van der Waals surface area contributed by atoms with E-state index in [1.54, 1.807) is 12.7 Å². The molecule has 1 saturated carbocycles. The van der Waals surface area contributed by atoms with Crippen molar-refractivity contribution in [3.8, 4) is 0 Å². The topological polar surface area (TPSA) is 85.6 Å². The zero-order chi connectivity index (χ0) is 16.2. The largest absolute Gasteiger partial charge is 0.348 e. The Labute approximate surface area is 143 Å². The fourth-order valence-electron chi connectivity index (χ4n) is 2.75. The molecule has 0 spiro atoms. The van der Waals surface area contributed by atoms with E-state index in [0.717, 1.165) is 25.7 Å². The number of carbonyl (C=O) groups is 1. The molecule has 1 fully saturated rings. The summed E-state index contributed by atoms with van der Waals surface area (Å²) in [6, 6.07) is 0.488. The van der Waals surface area contributed by atoms with Crippen LogP contribution in [0, 0.1) is 0 Å². The molecule has 1 aliphatic rings. The van der Waals surface area contributed by atoms with Gasteiger partial charge in [0, 0.05) is 6.04 Å². The highest BCUT2D eigenvalue weighted by Gasteiger charge is 2.25. The summed E-state index contributed by atoms with van der Waals surface area (Å²) in [6.45, 7) is 0. The molecule has 3 rings (SSSR count). The minimum atomic E-state index is -0.239. The van der Waals surface area contributed by atoms with Crippen LogP contribution < -0.4 is 5.32 Å². The molecule has 0 unspecified atom stereocenters. The van der Waals surface area contributed by atoms with Crippen LogP contribution in [0.25, 0.3) is 0 Å². The summed E-state index contributed by atoms with van der Waals surface area (Å²) in [7, 11) is 0. The second kappa shape index (κ2) is 7.27. The second-order valence-electron chi connectivity index (χ2n) is 5.41. The average molecular weight is 353 g/mol. The first-order valence-corrected chi connectivity index (χ1v) is 8.99. The first-order valence-electron chi connectivity index (χ1n) is 7.39. The van der Waals surface area contributed by atoms with E-state index >= 15 is 0 Å². The molecule has 9 heteroatoms. The zero-order valence-corrected chi connectivity index (χ0v) is 14.2. The third kappa shape index (κ3) is 3.81. The Kier molecular flexibility index (Phi) is 5.12. The van der Waals surface area contributed by atoms with Crippen molar-refractivity contribution in [3.05, 3.63) is 29.6 Å². The number of amides is 1. The van der Waals surface area contributed by atoms with Gasteiger partial charge in [0.15, 0.2) is 10.9 Å². The van der Waals surface area contributed by atoms with Crippen LogP contribution in [0.3, 0.4) is 0 Å². The van der Waals surface area contributed by atoms with Gasteiger partial charge in [0.2, 0.25) is 0 Å². The highest BCUT2D eigenvalue weighted by atomic mass is 35.5. The van der Waals surface area contributed by atoms with Gasteiger partial charge < -0.3 is 5.32 Å². The standard InChI is InChI=1S/C14H17ClN6OS/c1-23-14-17-6-11(15)12(20-14)13(22)19-9-2-4-10(5-3-9)21-8-16-7-18-21/h6-10H,2-5H2,1H3,(H,19,22). The van der Waals surface area contributed by atoms with Crippen molar-refractivity contribution in [2.45, 2.75) is 42.9 Å². The molecular formula is C14H17ClN6OS. The summed E-state index contributed by atoms with van der Waals surface area (Å²) in [5.41, 5.74) is 0.240. The van der Waals surface area contributed by atoms with E-state index in [0.29, 0.717) is 11.2 Å². The zero-order valence-electron chi connectivity index (χ0n) is 12.6. The lowest BCUT2D eigenvalue weighted by Gasteiger charge is -2.28. The highest BCUT2D eigenvalue weighted by Crippen LogP contribution is 2.28. The second-order valence-corrected chi connectivity index (χ2v) is 6.59. The fourth-order valence-corrected chi connectivity index (χ4v) is 3.27. The molecular weight excluding hydrogens is 336 g/mol. The van der Waals surface area contributed by atoms with Crippen LogP contribution in [0.1, 0.15) is 42.2 Å². The molecule has 2 aromatic rings. The van der Waals surface area contributed by atoms with E-state index < -0.39 is 0 Å². The predicted octanol–water partition coefficient (Wildman–Crippen LogP) is 2.36. The van der Waals surface area contributed by atoms with Gasteiger partial charge in [-0.3, -0.25) is 4.79 Å². The molecule has 7 nitrogen and oxygen atoms in total. The van der Waals surface area contributed by atoms with E-state index in [9.17, 15) is 4.79 Å². The van der Waals surface area contributed by atoms with E-state index in [-0.39, 0.29) is 22.7 Å². The number of halogens is 1. The molecule has 0 saturated heterocycles. The molecule has 0 aromatic carbocycles. The monoisotopic (exact) mass is 352 g/mol. The quantitative estimate of drug-likeness (QED) is 0.671. The Bertz CT molecular complexity index is 672. The molecule has 2 aromatic heterocycles. The maximum absolute atomic E-state index is 12.4. The van der Waals surface area contributed by atoms with E-state index in [2.05, 4.69) is 25.4 Å². The molecule has 122 valence electrons. The van der Waals surface area contributed by atoms with E-state index in [4.69, 9.17) is 11.6 Å². The summed E-state index contributed by atoms with van der Waals surface area (Å²) in [5.74, 6) is -0.239. The van der Waals surface area contributed by atoms with Gasteiger partial charge in [-0.25, -0.2) is 19.6 Å². The Hall–Kier alpha value is -1.67. The first kappa shape index (κ1) is 16.2. The third-order valence-corrected chi connectivity index (χ3v) is 4.80. The molecule has 0 atom stereocenters. The van der Waals surface area contributed by atoms with Crippen molar-refractivity contribution in [1.82, 2.24) is 30.0 Å². The van der Waals surface area contributed by atoms with Crippen molar-refractivity contribution < 1.29 is 4.79 Å². The summed E-state index contributed by atoms with van der Waals surface area (Å²) < 4.78 is 1.89. The van der Waals surface area contributed by atoms with Crippen molar-refractivity contribution in [3.63, 3.8) is 0 Å². The van der Waals surface area contributed by atoms with Crippen molar-refractivity contribution >= 4 is 29.3 Å². The maximum atomic E-state index is 12.4. The number of carbonyl (C=O) groups excluding carboxylic acids is 1. The SMILES string of the molecule is CSc1ncc(Cl)c(C(=O)NC2CCC(n3cncn3)CC2)n1. The molecule has 0 aliphatic heterocycles. The van der Waals surface area contributed by atoms with Crippen LogP contribution in [0.15, 0.2) is 24.0 Å². The van der Waals surface area contributed by atoms with Crippen LogP contribution in [-0.4, -0.2) is 42.9 Å². The van der Waals surface area contributed by atoms with Crippen LogP contribution in [0.2, 0.25) is 5.02 Å². The summed E-state index contributed by atoms with van der Waals surface area (Å²) in [6.07, 6.45) is 10.3. The molecule has 2 heterocycles. The van der Waals surface area contributed by atoms with Crippen molar-refractivity contribution in [1.29, 1.82) is 0 Å². The number of hydrogen-bond acceptors (Lipinski definition) is 6. The van der Waals surface area contributed by atoms with Gasteiger partial charge in [0.25, 0.3) is 5.91 Å². The summed E-state index contributed by atoms with van der Waals surface area (Å²) >= 11 is 7.42. The normalized spacial score (nSPS) is 21.1. The lowest BCUT2D eigenvalue weighted by molar-refractivity contribution is 0.0916. The first-order chi connectivity index (χ1) is 11.2. The maximum Gasteiger partial charge on any atom is 0.271 e. The number of aromatic nitrogens is 5. The summed E-state index contributed by atoms with van der Waals surface area (Å²) in [4.78, 5) is 24.6. The Morgan fingerprint density at radius 1 is 1.39 bits per heavy atom. The predicted molar refractivity (Wildman–Crippen MR) is 87.6 cm³/mol. The van der Waals surface area contributed by atoms with Gasteiger partial charge in [-0.15, -0.1) is 0 Å². The molecule has 1 aliphatic carbocycles. The molecule has 1 N–H and O–H groups in total. The average Bonchev–Trinajstić information content (AvgIpc) is 3.10. The fraction of sp³-hybridized carbons (Fsp3) is 0.500. The molecule has 0 radical (unpaired) electrons. The van der Waals surface area contributed by atoms with Crippen molar-refractivity contribution in [2.75, 3.05) is 6.26 Å². The third-order valence-electron chi connectivity index (χ3n) is 3.96. The van der Waals surface area contributed by atoms with Gasteiger partial charge in [-0.05, 0) is 31.9 Å². The van der Waals surface area contributed by atoms with E-state index in [1.807, 2.05) is 10.9 Å². The number of hydrogen-bond donors (Lipinski definition) is 1. The minimum absolute atomic E-state index is 0.131. The minimum Gasteiger partial charge on any atom is -0.348 e. The van der Waals surface area contributed by atoms with Crippen LogP contribution >= 0.6 is 23.4 Å². The number of nitrogens with zero attached hydrogens (tertiary/aromatic N) is 5. The Morgan fingerprint density at radius 2 is 2.17 bits per heavy atom.